The van der Waals surface area contributed by atoms with E-state index in [0.717, 1.165) is 37.1 Å². The zero-order chi connectivity index (χ0) is 14.1. The molecule has 0 aliphatic heterocycles. The first-order chi connectivity index (χ1) is 9.13. The second-order valence-electron chi connectivity index (χ2n) is 5.04. The Bertz CT molecular complexity index is 349. The first-order valence-electron chi connectivity index (χ1n) is 7.01. The van der Waals surface area contributed by atoms with Crippen LogP contribution in [0.25, 0.3) is 0 Å². The smallest absolute Gasteiger partial charge is 0.306 e. The van der Waals surface area contributed by atoms with Crippen LogP contribution in [-0.4, -0.2) is 31.5 Å². The minimum absolute atomic E-state index is 0.0643. The van der Waals surface area contributed by atoms with Gasteiger partial charge in [-0.3, -0.25) is 4.79 Å². The summed E-state index contributed by atoms with van der Waals surface area (Å²) in [4.78, 5) is 15.1. The zero-order valence-corrected chi connectivity index (χ0v) is 13.0. The zero-order valence-electron chi connectivity index (χ0n) is 12.2. The molecule has 0 aromatic carbocycles. The monoisotopic (exact) mass is 283 g/mol. The van der Waals surface area contributed by atoms with E-state index in [2.05, 4.69) is 11.8 Å². The van der Waals surface area contributed by atoms with Crippen LogP contribution >= 0.6 is 11.3 Å². The third-order valence-electron chi connectivity index (χ3n) is 2.96. The van der Waals surface area contributed by atoms with Crippen LogP contribution in [0.4, 0.5) is 0 Å². The number of ether oxygens (including phenoxy) is 1. The van der Waals surface area contributed by atoms with E-state index < -0.39 is 0 Å². The van der Waals surface area contributed by atoms with E-state index in [-0.39, 0.29) is 12.1 Å². The Hall–Kier alpha value is -0.870. The van der Waals surface area contributed by atoms with Gasteiger partial charge in [-0.15, -0.1) is 11.3 Å². The number of carbonyl (C=O) groups is 1. The minimum Gasteiger partial charge on any atom is -0.457 e. The molecule has 1 atom stereocenters. The van der Waals surface area contributed by atoms with Gasteiger partial charge in [0.25, 0.3) is 0 Å². The van der Waals surface area contributed by atoms with Crippen molar-refractivity contribution >= 4 is 17.3 Å². The summed E-state index contributed by atoms with van der Waals surface area (Å²) >= 11 is 1.66. The van der Waals surface area contributed by atoms with Gasteiger partial charge in [0.2, 0.25) is 0 Å². The molecule has 3 nitrogen and oxygen atoms in total. The van der Waals surface area contributed by atoms with Gasteiger partial charge in [0, 0.05) is 24.3 Å². The quantitative estimate of drug-likeness (QED) is 0.509. The van der Waals surface area contributed by atoms with Gasteiger partial charge in [-0.05, 0) is 32.0 Å². The topological polar surface area (TPSA) is 29.5 Å². The lowest BCUT2D eigenvalue weighted by Crippen LogP contribution is -2.18. The number of hydrogen-bond donors (Lipinski definition) is 0. The van der Waals surface area contributed by atoms with Gasteiger partial charge in [0.05, 0.1) is 0 Å². The SMILES string of the molecule is CCCCCC(=O)O[C@@H](CCN(C)C)c1cccs1. The molecule has 4 heteroatoms. The second kappa shape index (κ2) is 9.10. The lowest BCUT2D eigenvalue weighted by molar-refractivity contribution is -0.150. The summed E-state index contributed by atoms with van der Waals surface area (Å²) in [6.45, 7) is 3.06. The first kappa shape index (κ1) is 16.2. The number of unbranched alkanes of at least 4 members (excludes halogenated alkanes) is 2. The van der Waals surface area contributed by atoms with E-state index >= 15 is 0 Å². The van der Waals surface area contributed by atoms with Crippen molar-refractivity contribution < 1.29 is 9.53 Å². The van der Waals surface area contributed by atoms with Crippen LogP contribution in [0, 0.1) is 0 Å². The third-order valence-corrected chi connectivity index (χ3v) is 3.92. The summed E-state index contributed by atoms with van der Waals surface area (Å²) in [5, 5.41) is 2.03. The van der Waals surface area contributed by atoms with Crippen LogP contribution < -0.4 is 0 Å². The van der Waals surface area contributed by atoms with Crippen LogP contribution in [0.15, 0.2) is 17.5 Å². The minimum atomic E-state index is -0.0865. The van der Waals surface area contributed by atoms with Crippen molar-refractivity contribution in [3.05, 3.63) is 22.4 Å². The first-order valence-corrected chi connectivity index (χ1v) is 7.89. The van der Waals surface area contributed by atoms with Gasteiger partial charge in [0.1, 0.15) is 6.10 Å². The summed E-state index contributed by atoms with van der Waals surface area (Å²) in [6, 6.07) is 4.05. The Kier molecular flexibility index (Phi) is 7.75. The fourth-order valence-electron chi connectivity index (χ4n) is 1.85. The van der Waals surface area contributed by atoms with Crippen molar-refractivity contribution in [3.63, 3.8) is 0 Å². The maximum atomic E-state index is 11.8. The van der Waals surface area contributed by atoms with Crippen LogP contribution in [0.1, 0.15) is 50.0 Å². The molecular formula is C15H25NO2S. The molecule has 0 radical (unpaired) electrons. The number of carbonyl (C=O) groups excluding carboxylic acids is 1. The highest BCUT2D eigenvalue weighted by atomic mass is 32.1. The molecule has 1 aromatic rings. The molecule has 0 aliphatic rings. The molecule has 1 aromatic heterocycles. The fourth-order valence-corrected chi connectivity index (χ4v) is 2.64. The average Bonchev–Trinajstić information content (AvgIpc) is 2.88. The second-order valence-corrected chi connectivity index (χ2v) is 6.02. The van der Waals surface area contributed by atoms with Crippen LogP contribution in [0.3, 0.4) is 0 Å². The normalized spacial score (nSPS) is 12.6. The molecule has 0 fully saturated rings. The molecule has 1 rings (SSSR count). The highest BCUT2D eigenvalue weighted by Crippen LogP contribution is 2.26. The Morgan fingerprint density at radius 3 is 2.79 bits per heavy atom. The van der Waals surface area contributed by atoms with Crippen LogP contribution in [-0.2, 0) is 9.53 Å². The molecule has 0 unspecified atom stereocenters. The number of hydrogen-bond acceptors (Lipinski definition) is 4. The maximum absolute atomic E-state index is 11.8. The van der Waals surface area contributed by atoms with Gasteiger partial charge in [-0.25, -0.2) is 0 Å². The molecule has 108 valence electrons. The van der Waals surface area contributed by atoms with Crippen molar-refractivity contribution in [1.29, 1.82) is 0 Å². The Balaban J connectivity index is 2.47. The summed E-state index contributed by atoms with van der Waals surface area (Å²) in [5.41, 5.74) is 0. The highest BCUT2D eigenvalue weighted by molar-refractivity contribution is 7.10. The molecule has 1 heterocycles. The molecule has 0 aliphatic carbocycles. The van der Waals surface area contributed by atoms with E-state index in [9.17, 15) is 4.79 Å². The van der Waals surface area contributed by atoms with E-state index in [4.69, 9.17) is 4.74 Å². The number of esters is 1. The summed E-state index contributed by atoms with van der Waals surface area (Å²) in [5.74, 6) is -0.0643. The summed E-state index contributed by atoms with van der Waals surface area (Å²) in [6.07, 6.45) is 4.46. The van der Waals surface area contributed by atoms with Gasteiger partial charge in [-0.1, -0.05) is 25.8 Å². The van der Waals surface area contributed by atoms with Crippen molar-refractivity contribution in [2.75, 3.05) is 20.6 Å². The standard InChI is InChI=1S/C15H25NO2S/c1-4-5-6-9-15(17)18-13(10-11-16(2)3)14-8-7-12-19-14/h7-8,12-13H,4-6,9-11H2,1-3H3/t13-/m0/s1. The van der Waals surface area contributed by atoms with Crippen molar-refractivity contribution in [1.82, 2.24) is 4.90 Å². The maximum Gasteiger partial charge on any atom is 0.306 e. The Labute approximate surface area is 120 Å². The lowest BCUT2D eigenvalue weighted by Gasteiger charge is -2.19. The fraction of sp³-hybridized carbons (Fsp3) is 0.667. The molecular weight excluding hydrogens is 258 g/mol. The lowest BCUT2D eigenvalue weighted by atomic mass is 10.2. The van der Waals surface area contributed by atoms with Crippen molar-refractivity contribution in [3.8, 4) is 0 Å². The molecule has 0 saturated carbocycles. The van der Waals surface area contributed by atoms with Gasteiger partial charge in [0.15, 0.2) is 0 Å². The number of nitrogens with zero attached hydrogens (tertiary/aromatic N) is 1. The van der Waals surface area contributed by atoms with Crippen LogP contribution in [0.2, 0.25) is 0 Å². The predicted octanol–water partition coefficient (Wildman–Crippen LogP) is 3.86. The average molecular weight is 283 g/mol. The molecule has 0 spiro atoms. The summed E-state index contributed by atoms with van der Waals surface area (Å²) in [7, 11) is 4.07. The third kappa shape index (κ3) is 6.73. The highest BCUT2D eigenvalue weighted by Gasteiger charge is 2.17. The molecule has 0 N–H and O–H groups in total. The Morgan fingerprint density at radius 1 is 1.42 bits per heavy atom. The van der Waals surface area contributed by atoms with Gasteiger partial charge >= 0.3 is 5.97 Å². The van der Waals surface area contributed by atoms with E-state index in [0.29, 0.717) is 6.42 Å². The number of thiophene rings is 1. The molecule has 19 heavy (non-hydrogen) atoms. The van der Waals surface area contributed by atoms with E-state index in [1.807, 2.05) is 31.6 Å². The molecule has 0 bridgehead atoms. The van der Waals surface area contributed by atoms with Gasteiger partial charge in [-0.2, -0.15) is 0 Å². The van der Waals surface area contributed by atoms with E-state index in [1.54, 1.807) is 11.3 Å². The van der Waals surface area contributed by atoms with Gasteiger partial charge < -0.3 is 9.64 Å². The largest absolute Gasteiger partial charge is 0.457 e. The van der Waals surface area contributed by atoms with E-state index in [1.165, 1.54) is 0 Å². The predicted molar refractivity (Wildman–Crippen MR) is 80.5 cm³/mol. The van der Waals surface area contributed by atoms with Crippen molar-refractivity contribution in [2.45, 2.75) is 45.1 Å². The molecule has 0 amide bonds. The van der Waals surface area contributed by atoms with Crippen LogP contribution in [0.5, 0.6) is 0 Å². The summed E-state index contributed by atoms with van der Waals surface area (Å²) < 4.78 is 5.64. The molecule has 0 saturated heterocycles. The van der Waals surface area contributed by atoms with Crippen molar-refractivity contribution in [2.24, 2.45) is 0 Å². The number of rotatable bonds is 9. The Morgan fingerprint density at radius 2 is 2.21 bits per heavy atom.